The van der Waals surface area contributed by atoms with Gasteiger partial charge in [-0.25, -0.2) is 0 Å². The largest absolute Gasteiger partial charge is 0.0837 e. The molecule has 0 saturated carbocycles. The molecule has 0 bridgehead atoms. The van der Waals surface area contributed by atoms with E-state index in [0.29, 0.717) is 5.02 Å². The lowest BCUT2D eigenvalue weighted by atomic mass is 10.0. The Morgan fingerprint density at radius 3 is 2.38 bits per heavy atom. The molecule has 1 radical (unpaired) electrons. The highest BCUT2D eigenvalue weighted by molar-refractivity contribution is 6.36. The van der Waals surface area contributed by atoms with Crippen molar-refractivity contribution < 1.29 is 0 Å². The highest BCUT2D eigenvalue weighted by Crippen LogP contribution is 2.34. The van der Waals surface area contributed by atoms with Crippen molar-refractivity contribution in [3.8, 4) is 11.1 Å². The Balaban J connectivity index is 2.66. The first kappa shape index (κ1) is 11.5. The van der Waals surface area contributed by atoms with Gasteiger partial charge in [-0.15, -0.1) is 0 Å². The maximum Gasteiger partial charge on any atom is 0.0491 e. The third-order valence-corrected chi connectivity index (χ3v) is 3.10. The zero-order chi connectivity index (χ0) is 11.7. The summed E-state index contributed by atoms with van der Waals surface area (Å²) < 4.78 is 0. The summed E-state index contributed by atoms with van der Waals surface area (Å²) in [6.45, 7) is 4.03. The second-order valence-corrected chi connectivity index (χ2v) is 4.68. The summed E-state index contributed by atoms with van der Waals surface area (Å²) in [4.78, 5) is 0. The fraction of sp³-hybridized carbons (Fsp3) is 0.143. The van der Waals surface area contributed by atoms with Crippen LogP contribution >= 0.6 is 23.2 Å². The molecule has 81 valence electrons. The van der Waals surface area contributed by atoms with Crippen LogP contribution in [0.25, 0.3) is 11.1 Å². The third kappa shape index (κ3) is 2.23. The predicted molar refractivity (Wildman–Crippen MR) is 70.2 cm³/mol. The van der Waals surface area contributed by atoms with Crippen LogP contribution in [0, 0.1) is 19.9 Å². The van der Waals surface area contributed by atoms with Gasteiger partial charge in [0.25, 0.3) is 0 Å². The standard InChI is InChI=1S/C14H11Cl2/c1-9-3-5-13(15)11(7-9)12-8-10(2)4-6-14(12)16/h3,5-8H,1-2H3. The summed E-state index contributed by atoms with van der Waals surface area (Å²) in [5.41, 5.74) is 4.16. The monoisotopic (exact) mass is 249 g/mol. The van der Waals surface area contributed by atoms with E-state index in [4.69, 9.17) is 23.2 Å². The number of hydrogen-bond acceptors (Lipinski definition) is 0. The molecule has 0 saturated heterocycles. The van der Waals surface area contributed by atoms with Crippen LogP contribution in [0.3, 0.4) is 0 Å². The molecule has 2 aromatic rings. The van der Waals surface area contributed by atoms with Crippen molar-refractivity contribution in [3.63, 3.8) is 0 Å². The molecule has 0 spiro atoms. The maximum atomic E-state index is 6.19. The van der Waals surface area contributed by atoms with Gasteiger partial charge < -0.3 is 0 Å². The number of benzene rings is 2. The molecule has 0 atom stereocenters. The van der Waals surface area contributed by atoms with Gasteiger partial charge >= 0.3 is 0 Å². The minimum atomic E-state index is 0.679. The summed E-state index contributed by atoms with van der Waals surface area (Å²) >= 11 is 12.4. The predicted octanol–water partition coefficient (Wildman–Crippen LogP) is 5.08. The van der Waals surface area contributed by atoms with Crippen molar-refractivity contribution >= 4 is 23.2 Å². The summed E-state index contributed by atoms with van der Waals surface area (Å²) in [6, 6.07) is 12.8. The summed E-state index contributed by atoms with van der Waals surface area (Å²) in [6.07, 6.45) is 0. The highest BCUT2D eigenvalue weighted by Gasteiger charge is 2.08. The van der Waals surface area contributed by atoms with E-state index in [1.807, 2.05) is 38.1 Å². The number of hydrogen-bond donors (Lipinski definition) is 0. The average molecular weight is 250 g/mol. The molecule has 0 aliphatic heterocycles. The Morgan fingerprint density at radius 2 is 1.62 bits per heavy atom. The van der Waals surface area contributed by atoms with Gasteiger partial charge in [-0.1, -0.05) is 34.8 Å². The summed E-state index contributed by atoms with van der Waals surface area (Å²) in [5, 5.41) is 1.40. The van der Waals surface area contributed by atoms with Crippen molar-refractivity contribution in [1.82, 2.24) is 0 Å². The van der Waals surface area contributed by atoms with Crippen LogP contribution < -0.4 is 0 Å². The average Bonchev–Trinajstić information content (AvgIpc) is 2.25. The number of halogens is 2. The molecule has 0 heterocycles. The Kier molecular flexibility index (Phi) is 3.22. The first-order valence-electron chi connectivity index (χ1n) is 5.02. The molecule has 0 nitrogen and oxygen atoms in total. The normalized spacial score (nSPS) is 10.5. The van der Waals surface area contributed by atoms with Crippen molar-refractivity contribution in [1.29, 1.82) is 0 Å². The molecule has 0 aliphatic carbocycles. The third-order valence-electron chi connectivity index (χ3n) is 2.46. The van der Waals surface area contributed by atoms with Crippen LogP contribution in [0.4, 0.5) is 0 Å². The minimum absolute atomic E-state index is 0.679. The Morgan fingerprint density at radius 1 is 0.938 bits per heavy atom. The van der Waals surface area contributed by atoms with Gasteiger partial charge in [0.15, 0.2) is 0 Å². The SMILES string of the molecule is Cc1[c]cc(Cl)c(-c2cc(C)ccc2Cl)c1. The van der Waals surface area contributed by atoms with Gasteiger partial charge in [-0.05, 0) is 49.7 Å². The van der Waals surface area contributed by atoms with Gasteiger partial charge in [0, 0.05) is 21.2 Å². The van der Waals surface area contributed by atoms with Gasteiger partial charge in [-0.2, -0.15) is 0 Å². The number of rotatable bonds is 1. The molecule has 0 fully saturated rings. The number of aryl methyl sites for hydroxylation is 2. The van der Waals surface area contributed by atoms with Crippen LogP contribution in [0.2, 0.25) is 10.0 Å². The van der Waals surface area contributed by atoms with Crippen LogP contribution in [-0.4, -0.2) is 0 Å². The van der Waals surface area contributed by atoms with Crippen LogP contribution in [0.1, 0.15) is 11.1 Å². The molecule has 0 unspecified atom stereocenters. The molecule has 0 aromatic heterocycles. The quantitative estimate of drug-likeness (QED) is 0.662. The molecule has 2 heteroatoms. The summed E-state index contributed by atoms with van der Waals surface area (Å²) in [5.74, 6) is 0. The van der Waals surface area contributed by atoms with Crippen LogP contribution in [-0.2, 0) is 0 Å². The minimum Gasteiger partial charge on any atom is -0.0837 e. The fourth-order valence-corrected chi connectivity index (χ4v) is 2.06. The van der Waals surface area contributed by atoms with E-state index in [9.17, 15) is 0 Å². The molecule has 0 aliphatic rings. The lowest BCUT2D eigenvalue weighted by Gasteiger charge is -2.08. The second-order valence-electron chi connectivity index (χ2n) is 3.86. The molecule has 0 amide bonds. The van der Waals surface area contributed by atoms with E-state index >= 15 is 0 Å². The van der Waals surface area contributed by atoms with E-state index in [1.54, 1.807) is 6.07 Å². The van der Waals surface area contributed by atoms with E-state index in [1.165, 1.54) is 5.56 Å². The van der Waals surface area contributed by atoms with E-state index in [-0.39, 0.29) is 0 Å². The smallest absolute Gasteiger partial charge is 0.0491 e. The Labute approximate surface area is 106 Å². The van der Waals surface area contributed by atoms with E-state index in [0.717, 1.165) is 21.7 Å². The molecule has 0 N–H and O–H groups in total. The second kappa shape index (κ2) is 4.48. The molecule has 16 heavy (non-hydrogen) atoms. The fourth-order valence-electron chi connectivity index (χ4n) is 1.63. The van der Waals surface area contributed by atoms with Crippen molar-refractivity contribution in [2.75, 3.05) is 0 Å². The van der Waals surface area contributed by atoms with Crippen molar-refractivity contribution in [2.45, 2.75) is 13.8 Å². The first-order chi connectivity index (χ1) is 7.58. The zero-order valence-electron chi connectivity index (χ0n) is 9.14. The van der Waals surface area contributed by atoms with Gasteiger partial charge in [0.2, 0.25) is 0 Å². The van der Waals surface area contributed by atoms with Gasteiger partial charge in [0.05, 0.1) is 0 Å². The molecular formula is C14H11Cl2. The molecule has 2 aromatic carbocycles. The lowest BCUT2D eigenvalue weighted by molar-refractivity contribution is 1.43. The molecule has 2 rings (SSSR count). The Bertz CT molecular complexity index is 481. The van der Waals surface area contributed by atoms with Crippen LogP contribution in [0.15, 0.2) is 30.3 Å². The lowest BCUT2D eigenvalue weighted by Crippen LogP contribution is -1.85. The zero-order valence-corrected chi connectivity index (χ0v) is 10.7. The maximum absolute atomic E-state index is 6.19. The van der Waals surface area contributed by atoms with E-state index < -0.39 is 0 Å². The Hall–Kier alpha value is -0.980. The van der Waals surface area contributed by atoms with Gasteiger partial charge in [-0.3, -0.25) is 0 Å². The van der Waals surface area contributed by atoms with Crippen molar-refractivity contribution in [3.05, 3.63) is 57.6 Å². The van der Waals surface area contributed by atoms with Gasteiger partial charge in [0.1, 0.15) is 0 Å². The topological polar surface area (TPSA) is 0 Å². The van der Waals surface area contributed by atoms with Crippen molar-refractivity contribution in [2.24, 2.45) is 0 Å². The summed E-state index contributed by atoms with van der Waals surface area (Å²) in [7, 11) is 0. The highest BCUT2D eigenvalue weighted by atomic mass is 35.5. The first-order valence-corrected chi connectivity index (χ1v) is 5.78. The van der Waals surface area contributed by atoms with Crippen LogP contribution in [0.5, 0.6) is 0 Å². The molecular weight excluding hydrogens is 239 g/mol. The van der Waals surface area contributed by atoms with E-state index in [2.05, 4.69) is 6.07 Å².